The van der Waals surface area contributed by atoms with Crippen LogP contribution in [0.25, 0.3) is 0 Å². The van der Waals surface area contributed by atoms with Crippen molar-refractivity contribution in [3.8, 4) is 0 Å². The lowest BCUT2D eigenvalue weighted by molar-refractivity contribution is 0.416. The van der Waals surface area contributed by atoms with Gasteiger partial charge in [0, 0.05) is 6.42 Å². The van der Waals surface area contributed by atoms with Crippen LogP contribution in [0, 0.1) is 13.8 Å². The van der Waals surface area contributed by atoms with Crippen molar-refractivity contribution in [2.75, 3.05) is 0 Å². The number of benzene rings is 1. The Hall–Kier alpha value is -0.700. The summed E-state index contributed by atoms with van der Waals surface area (Å²) in [4.78, 5) is 0. The van der Waals surface area contributed by atoms with Gasteiger partial charge < -0.3 is 0 Å². The number of hydrogen-bond donors (Lipinski definition) is 0. The molecule has 0 saturated carbocycles. The molecule has 0 heterocycles. The molecule has 0 fully saturated rings. The normalized spacial score (nSPS) is 10.1. The maximum Gasteiger partial charge on any atom is 0.280 e. The maximum atomic E-state index is 12.1. The van der Waals surface area contributed by atoms with Gasteiger partial charge >= 0.3 is 0 Å². The van der Waals surface area contributed by atoms with Gasteiger partial charge in [0.15, 0.2) is 0 Å². The molecule has 0 N–H and O–H groups in total. The lowest BCUT2D eigenvalue weighted by Crippen LogP contribution is -1.89. The summed E-state index contributed by atoms with van der Waals surface area (Å²) in [6.07, 6.45) is -1.40. The molecule has 1 aromatic carbocycles. The van der Waals surface area contributed by atoms with Crippen LogP contribution in [0.2, 0.25) is 0 Å². The molecule has 0 radical (unpaired) electrons. The summed E-state index contributed by atoms with van der Waals surface area (Å²) in [6.45, 7) is 3.97. The van der Waals surface area contributed by atoms with Gasteiger partial charge in [0.05, 0.1) is 4.48 Å². The average Bonchev–Trinajstić information content (AvgIpc) is 2.11. The Labute approximate surface area is 90.8 Å². The fraction of sp³-hybridized carbons (Fsp3) is 0.273. The zero-order valence-electron chi connectivity index (χ0n) is 8.07. The van der Waals surface area contributed by atoms with Crippen LogP contribution in [-0.4, -0.2) is 0 Å². The minimum atomic E-state index is -1.65. The molecule has 0 bridgehead atoms. The molecule has 0 aliphatic carbocycles. The van der Waals surface area contributed by atoms with Crippen LogP contribution in [0.3, 0.4) is 0 Å². The molecule has 0 aliphatic rings. The number of halogens is 3. The van der Waals surface area contributed by atoms with Crippen LogP contribution < -0.4 is 0 Å². The zero-order chi connectivity index (χ0) is 10.7. The first kappa shape index (κ1) is 11.4. The fourth-order valence-corrected chi connectivity index (χ4v) is 1.48. The molecule has 0 unspecified atom stereocenters. The first-order chi connectivity index (χ1) is 6.50. The van der Waals surface area contributed by atoms with Crippen LogP contribution in [-0.2, 0) is 6.42 Å². The molecule has 0 aliphatic heterocycles. The van der Waals surface area contributed by atoms with Crippen molar-refractivity contribution in [2.24, 2.45) is 0 Å². The van der Waals surface area contributed by atoms with E-state index in [4.69, 9.17) is 0 Å². The Morgan fingerprint density at radius 2 is 1.86 bits per heavy atom. The van der Waals surface area contributed by atoms with Crippen molar-refractivity contribution in [1.82, 2.24) is 0 Å². The Morgan fingerprint density at radius 1 is 1.21 bits per heavy atom. The van der Waals surface area contributed by atoms with E-state index in [0.29, 0.717) is 0 Å². The van der Waals surface area contributed by atoms with E-state index in [2.05, 4.69) is 15.9 Å². The topological polar surface area (TPSA) is 0 Å². The molecule has 0 spiro atoms. The molecule has 0 nitrogen and oxygen atoms in total. The van der Waals surface area contributed by atoms with Gasteiger partial charge in [0.25, 0.3) is 6.08 Å². The van der Waals surface area contributed by atoms with Crippen molar-refractivity contribution in [2.45, 2.75) is 20.3 Å². The number of rotatable bonds is 2. The quantitative estimate of drug-likeness (QED) is 0.742. The van der Waals surface area contributed by atoms with Crippen LogP contribution >= 0.6 is 15.9 Å². The highest BCUT2D eigenvalue weighted by Crippen LogP contribution is 2.21. The minimum Gasteiger partial charge on any atom is -0.172 e. The van der Waals surface area contributed by atoms with Gasteiger partial charge in [-0.3, -0.25) is 0 Å². The van der Waals surface area contributed by atoms with E-state index in [-0.39, 0.29) is 10.9 Å². The molecular weight excluding hydrogens is 250 g/mol. The van der Waals surface area contributed by atoms with Crippen LogP contribution in [0.4, 0.5) is 8.78 Å². The monoisotopic (exact) mass is 260 g/mol. The second kappa shape index (κ2) is 4.69. The molecule has 14 heavy (non-hydrogen) atoms. The molecule has 0 saturated heterocycles. The van der Waals surface area contributed by atoms with E-state index in [1.54, 1.807) is 0 Å². The van der Waals surface area contributed by atoms with Gasteiger partial charge in [-0.1, -0.05) is 18.2 Å². The van der Waals surface area contributed by atoms with Crippen molar-refractivity contribution in [3.63, 3.8) is 0 Å². The molecule has 0 amide bonds. The second-order valence-corrected chi connectivity index (χ2v) is 4.22. The van der Waals surface area contributed by atoms with E-state index in [9.17, 15) is 8.78 Å². The lowest BCUT2D eigenvalue weighted by Gasteiger charge is -2.04. The first-order valence-corrected chi connectivity index (χ1v) is 5.06. The van der Waals surface area contributed by atoms with E-state index in [0.717, 1.165) is 11.1 Å². The van der Waals surface area contributed by atoms with E-state index in [1.165, 1.54) is 5.56 Å². The van der Waals surface area contributed by atoms with Gasteiger partial charge in [0.1, 0.15) is 0 Å². The summed E-state index contributed by atoms with van der Waals surface area (Å²) in [6, 6.07) is 5.74. The predicted octanol–water partition coefficient (Wildman–Crippen LogP) is 4.35. The zero-order valence-corrected chi connectivity index (χ0v) is 9.66. The second-order valence-electron chi connectivity index (χ2n) is 3.26. The van der Waals surface area contributed by atoms with Gasteiger partial charge in [-0.05, 0) is 46.5 Å². The predicted molar refractivity (Wildman–Crippen MR) is 57.8 cm³/mol. The van der Waals surface area contributed by atoms with Crippen LogP contribution in [0.1, 0.15) is 16.7 Å². The molecule has 0 aromatic heterocycles. The van der Waals surface area contributed by atoms with Crippen molar-refractivity contribution < 1.29 is 8.78 Å². The molecule has 76 valence electrons. The summed E-state index contributed by atoms with van der Waals surface area (Å²) in [5, 5.41) is 0. The molecule has 0 atom stereocenters. The van der Waals surface area contributed by atoms with E-state index >= 15 is 0 Å². The van der Waals surface area contributed by atoms with Gasteiger partial charge in [-0.15, -0.1) is 0 Å². The lowest BCUT2D eigenvalue weighted by atomic mass is 10.0. The number of allylic oxidation sites excluding steroid dienone is 1. The van der Waals surface area contributed by atoms with E-state index in [1.807, 2.05) is 32.0 Å². The van der Waals surface area contributed by atoms with Gasteiger partial charge in [-0.2, -0.15) is 8.78 Å². The standard InChI is InChI=1S/C11H11BrF2/c1-7-3-4-9(5-8(7)2)6-10(12)11(13)14/h3-5H,6H2,1-2H3. The SMILES string of the molecule is Cc1ccc(CC(Br)=C(F)F)cc1C. The molecule has 1 aromatic rings. The molecule has 3 heteroatoms. The number of hydrogen-bond acceptors (Lipinski definition) is 0. The maximum absolute atomic E-state index is 12.1. The third-order valence-corrected chi connectivity index (χ3v) is 2.72. The third-order valence-electron chi connectivity index (χ3n) is 2.14. The van der Waals surface area contributed by atoms with Gasteiger partial charge in [0.2, 0.25) is 0 Å². The largest absolute Gasteiger partial charge is 0.280 e. The Bertz CT molecular complexity index is 366. The highest BCUT2D eigenvalue weighted by molar-refractivity contribution is 9.11. The van der Waals surface area contributed by atoms with Crippen molar-refractivity contribution in [1.29, 1.82) is 0 Å². The van der Waals surface area contributed by atoms with Gasteiger partial charge in [-0.25, -0.2) is 0 Å². The van der Waals surface area contributed by atoms with Crippen molar-refractivity contribution in [3.05, 3.63) is 45.5 Å². The molecule has 1 rings (SSSR count). The average molecular weight is 261 g/mol. The van der Waals surface area contributed by atoms with Crippen LogP contribution in [0.15, 0.2) is 28.8 Å². The molecular formula is C11H11BrF2. The minimum absolute atomic E-state index is 0.0410. The summed E-state index contributed by atoms with van der Waals surface area (Å²) in [5.41, 5.74) is 3.20. The Kier molecular flexibility index (Phi) is 3.81. The summed E-state index contributed by atoms with van der Waals surface area (Å²) >= 11 is 2.85. The highest BCUT2D eigenvalue weighted by atomic mass is 79.9. The Balaban J connectivity index is 2.89. The first-order valence-electron chi connectivity index (χ1n) is 4.26. The summed E-state index contributed by atoms with van der Waals surface area (Å²) in [7, 11) is 0. The summed E-state index contributed by atoms with van der Waals surface area (Å²) in [5.74, 6) is 0. The summed E-state index contributed by atoms with van der Waals surface area (Å²) < 4.78 is 24.2. The smallest absolute Gasteiger partial charge is 0.172 e. The number of aryl methyl sites for hydroxylation is 2. The van der Waals surface area contributed by atoms with Crippen LogP contribution in [0.5, 0.6) is 0 Å². The van der Waals surface area contributed by atoms with Crippen molar-refractivity contribution >= 4 is 15.9 Å². The Morgan fingerprint density at radius 3 is 2.36 bits per heavy atom. The fourth-order valence-electron chi connectivity index (χ4n) is 1.16. The third kappa shape index (κ3) is 2.91. The highest BCUT2D eigenvalue weighted by Gasteiger charge is 2.04. The van der Waals surface area contributed by atoms with E-state index < -0.39 is 6.08 Å².